The smallest absolute Gasteiger partial charge is 0.182 e. The standard InChI is InChI=1S/C21H16ClFN2OS/c22-18-6-3-7-19(23)17(18)13-26-20-9-8-14-4-1-2-5-15(14)16(20)12-25-21-24-10-11-27-21/h1-11H,12-13H2,(H,24,25). The molecule has 0 amide bonds. The molecule has 0 fully saturated rings. The van der Waals surface area contributed by atoms with Gasteiger partial charge in [-0.3, -0.25) is 0 Å². The molecule has 0 spiro atoms. The minimum atomic E-state index is -0.370. The highest BCUT2D eigenvalue weighted by molar-refractivity contribution is 7.13. The molecule has 1 N–H and O–H groups in total. The maximum atomic E-state index is 14.1. The van der Waals surface area contributed by atoms with E-state index >= 15 is 0 Å². The Morgan fingerprint density at radius 3 is 2.74 bits per heavy atom. The van der Waals surface area contributed by atoms with Gasteiger partial charge in [0.25, 0.3) is 0 Å². The summed E-state index contributed by atoms with van der Waals surface area (Å²) in [6.45, 7) is 0.614. The second-order valence-corrected chi connectivity index (χ2v) is 7.24. The predicted molar refractivity (Wildman–Crippen MR) is 109 cm³/mol. The Morgan fingerprint density at radius 1 is 1.04 bits per heavy atom. The number of anilines is 1. The number of ether oxygens (including phenoxy) is 1. The van der Waals surface area contributed by atoms with Gasteiger partial charge in [-0.15, -0.1) is 11.3 Å². The van der Waals surface area contributed by atoms with E-state index in [0.717, 1.165) is 21.5 Å². The van der Waals surface area contributed by atoms with Gasteiger partial charge in [-0.05, 0) is 29.0 Å². The van der Waals surface area contributed by atoms with Gasteiger partial charge in [-0.1, -0.05) is 48.0 Å². The fourth-order valence-electron chi connectivity index (χ4n) is 2.93. The van der Waals surface area contributed by atoms with Crippen molar-refractivity contribution in [3.63, 3.8) is 0 Å². The van der Waals surface area contributed by atoms with Crippen LogP contribution in [-0.2, 0) is 13.2 Å². The van der Waals surface area contributed by atoms with Crippen LogP contribution >= 0.6 is 22.9 Å². The average molecular weight is 399 g/mol. The second kappa shape index (κ2) is 7.94. The van der Waals surface area contributed by atoms with Crippen LogP contribution in [0.5, 0.6) is 5.75 Å². The van der Waals surface area contributed by atoms with Gasteiger partial charge in [0.1, 0.15) is 18.2 Å². The number of aromatic nitrogens is 1. The molecule has 1 aromatic heterocycles. The molecule has 0 bridgehead atoms. The normalized spacial score (nSPS) is 10.9. The summed E-state index contributed by atoms with van der Waals surface area (Å²) in [5.74, 6) is 0.322. The molecule has 27 heavy (non-hydrogen) atoms. The SMILES string of the molecule is Fc1cccc(Cl)c1COc1ccc2ccccc2c1CNc1nccs1. The summed E-state index contributed by atoms with van der Waals surface area (Å²) < 4.78 is 20.0. The summed E-state index contributed by atoms with van der Waals surface area (Å²) >= 11 is 7.66. The third kappa shape index (κ3) is 3.89. The lowest BCUT2D eigenvalue weighted by atomic mass is 10.0. The van der Waals surface area contributed by atoms with Crippen LogP contribution in [0.1, 0.15) is 11.1 Å². The molecule has 0 aliphatic carbocycles. The van der Waals surface area contributed by atoms with E-state index in [4.69, 9.17) is 16.3 Å². The number of fused-ring (bicyclic) bond motifs is 1. The van der Waals surface area contributed by atoms with Gasteiger partial charge in [0.15, 0.2) is 5.13 Å². The first-order valence-electron chi connectivity index (χ1n) is 8.42. The van der Waals surface area contributed by atoms with Crippen LogP contribution in [0.4, 0.5) is 9.52 Å². The Labute approximate surface area is 165 Å². The van der Waals surface area contributed by atoms with Crippen molar-refractivity contribution in [2.24, 2.45) is 0 Å². The molecule has 0 aliphatic rings. The van der Waals surface area contributed by atoms with E-state index < -0.39 is 0 Å². The first-order valence-corrected chi connectivity index (χ1v) is 9.68. The van der Waals surface area contributed by atoms with Crippen LogP contribution in [-0.4, -0.2) is 4.98 Å². The van der Waals surface area contributed by atoms with Crippen molar-refractivity contribution in [3.05, 3.63) is 88.1 Å². The number of rotatable bonds is 6. The highest BCUT2D eigenvalue weighted by Crippen LogP contribution is 2.31. The zero-order valence-electron chi connectivity index (χ0n) is 14.3. The van der Waals surface area contributed by atoms with E-state index in [9.17, 15) is 4.39 Å². The maximum Gasteiger partial charge on any atom is 0.182 e. The quantitative estimate of drug-likeness (QED) is 0.415. The molecule has 0 radical (unpaired) electrons. The van der Waals surface area contributed by atoms with Crippen molar-refractivity contribution in [3.8, 4) is 5.75 Å². The van der Waals surface area contributed by atoms with Crippen molar-refractivity contribution in [1.82, 2.24) is 4.98 Å². The molecule has 0 atom stereocenters. The van der Waals surface area contributed by atoms with E-state index in [1.54, 1.807) is 18.3 Å². The van der Waals surface area contributed by atoms with Gasteiger partial charge in [-0.25, -0.2) is 9.37 Å². The lowest BCUT2D eigenvalue weighted by Gasteiger charge is -2.15. The minimum Gasteiger partial charge on any atom is -0.488 e. The van der Waals surface area contributed by atoms with Crippen LogP contribution in [0.25, 0.3) is 10.8 Å². The Hall–Kier alpha value is -2.63. The van der Waals surface area contributed by atoms with Crippen molar-refractivity contribution in [2.45, 2.75) is 13.2 Å². The molecule has 4 rings (SSSR count). The molecule has 0 unspecified atom stereocenters. The number of thiazole rings is 1. The molecule has 0 saturated heterocycles. The highest BCUT2D eigenvalue weighted by Gasteiger charge is 2.12. The number of halogens is 2. The summed E-state index contributed by atoms with van der Waals surface area (Å²) in [5.41, 5.74) is 1.35. The fourth-order valence-corrected chi connectivity index (χ4v) is 3.67. The van der Waals surface area contributed by atoms with Gasteiger partial charge in [-0.2, -0.15) is 0 Å². The van der Waals surface area contributed by atoms with Crippen molar-refractivity contribution in [1.29, 1.82) is 0 Å². The summed E-state index contributed by atoms with van der Waals surface area (Å²) in [6, 6.07) is 16.6. The maximum absolute atomic E-state index is 14.1. The molecular formula is C21H16ClFN2OS. The van der Waals surface area contributed by atoms with E-state index in [0.29, 0.717) is 22.9 Å². The van der Waals surface area contributed by atoms with E-state index in [-0.39, 0.29) is 12.4 Å². The molecule has 1 heterocycles. The first kappa shape index (κ1) is 17.8. The summed E-state index contributed by atoms with van der Waals surface area (Å²) in [4.78, 5) is 4.26. The third-order valence-electron chi connectivity index (χ3n) is 4.28. The number of hydrogen-bond acceptors (Lipinski definition) is 4. The van der Waals surface area contributed by atoms with Gasteiger partial charge in [0.05, 0.1) is 5.02 Å². The lowest BCUT2D eigenvalue weighted by Crippen LogP contribution is -2.05. The van der Waals surface area contributed by atoms with Crippen molar-refractivity contribution >= 4 is 38.8 Å². The van der Waals surface area contributed by atoms with Crippen LogP contribution in [0.3, 0.4) is 0 Å². The second-order valence-electron chi connectivity index (χ2n) is 5.94. The third-order valence-corrected chi connectivity index (χ3v) is 5.36. The summed E-state index contributed by atoms with van der Waals surface area (Å²) in [5, 5.41) is 8.64. The van der Waals surface area contributed by atoms with Gasteiger partial charge in [0, 0.05) is 29.2 Å². The molecule has 136 valence electrons. The topological polar surface area (TPSA) is 34.1 Å². The Morgan fingerprint density at radius 2 is 1.93 bits per heavy atom. The van der Waals surface area contributed by atoms with Crippen LogP contribution in [0.2, 0.25) is 5.02 Å². The molecule has 0 aliphatic heterocycles. The van der Waals surface area contributed by atoms with Gasteiger partial charge < -0.3 is 10.1 Å². The largest absolute Gasteiger partial charge is 0.488 e. The van der Waals surface area contributed by atoms with Crippen LogP contribution < -0.4 is 10.1 Å². The summed E-state index contributed by atoms with van der Waals surface area (Å²) in [7, 11) is 0. The van der Waals surface area contributed by atoms with E-state index in [1.807, 2.05) is 29.6 Å². The number of nitrogens with zero attached hydrogens (tertiary/aromatic N) is 1. The lowest BCUT2D eigenvalue weighted by molar-refractivity contribution is 0.297. The summed E-state index contributed by atoms with van der Waals surface area (Å²) in [6.07, 6.45) is 1.76. The number of hydrogen-bond donors (Lipinski definition) is 1. The Bertz CT molecular complexity index is 1050. The highest BCUT2D eigenvalue weighted by atomic mass is 35.5. The number of nitrogens with one attached hydrogen (secondary N) is 1. The first-order chi connectivity index (χ1) is 13.2. The zero-order chi connectivity index (χ0) is 18.6. The monoisotopic (exact) mass is 398 g/mol. The Kier molecular flexibility index (Phi) is 5.23. The Balaban J connectivity index is 1.65. The van der Waals surface area contributed by atoms with E-state index in [2.05, 4.69) is 22.4 Å². The molecule has 6 heteroatoms. The van der Waals surface area contributed by atoms with Gasteiger partial charge >= 0.3 is 0 Å². The van der Waals surface area contributed by atoms with Crippen LogP contribution in [0.15, 0.2) is 66.2 Å². The fraction of sp³-hybridized carbons (Fsp3) is 0.0952. The molecule has 3 aromatic carbocycles. The molecular weight excluding hydrogens is 383 g/mol. The van der Waals surface area contributed by atoms with Crippen LogP contribution in [0, 0.1) is 5.82 Å². The van der Waals surface area contributed by atoms with Crippen molar-refractivity contribution < 1.29 is 9.13 Å². The zero-order valence-corrected chi connectivity index (χ0v) is 15.9. The predicted octanol–water partition coefficient (Wildman–Crippen LogP) is 6.28. The average Bonchev–Trinajstić information content (AvgIpc) is 3.20. The van der Waals surface area contributed by atoms with Crippen molar-refractivity contribution in [2.75, 3.05) is 5.32 Å². The molecule has 3 nitrogen and oxygen atoms in total. The molecule has 4 aromatic rings. The van der Waals surface area contributed by atoms with E-state index in [1.165, 1.54) is 17.4 Å². The van der Waals surface area contributed by atoms with Gasteiger partial charge in [0.2, 0.25) is 0 Å². The minimum absolute atomic E-state index is 0.0636. The molecule has 0 saturated carbocycles. The number of benzene rings is 3.